The van der Waals surface area contributed by atoms with Gasteiger partial charge in [-0.25, -0.2) is 9.97 Å². The van der Waals surface area contributed by atoms with Gasteiger partial charge in [-0.2, -0.15) is 0 Å². The van der Waals surface area contributed by atoms with Crippen molar-refractivity contribution >= 4 is 47.7 Å². The van der Waals surface area contributed by atoms with Crippen molar-refractivity contribution in [3.63, 3.8) is 0 Å². The molecular formula is C36H27AlN2O3. The normalized spacial score (nSPS) is 12.8. The van der Waals surface area contributed by atoms with Gasteiger partial charge in [-0.3, -0.25) is 0 Å². The lowest BCUT2D eigenvalue weighted by atomic mass is 10.0. The molecule has 0 aliphatic rings. The Morgan fingerprint density at radius 2 is 1.12 bits per heavy atom. The lowest BCUT2D eigenvalue weighted by Crippen LogP contribution is -2.37. The van der Waals surface area contributed by atoms with Gasteiger partial charge in [-0.05, 0) is 78.2 Å². The molecule has 0 aliphatic carbocycles. The summed E-state index contributed by atoms with van der Waals surface area (Å²) in [6.45, 7) is 3.86. The Labute approximate surface area is 256 Å². The van der Waals surface area contributed by atoms with Crippen molar-refractivity contribution in [1.82, 2.24) is 9.97 Å². The molecule has 42 heavy (non-hydrogen) atoms. The van der Waals surface area contributed by atoms with E-state index in [0.29, 0.717) is 33.8 Å². The van der Waals surface area contributed by atoms with Crippen LogP contribution in [0.1, 0.15) is 18.2 Å². The summed E-state index contributed by atoms with van der Waals surface area (Å²) in [4.78, 5) is 9.44. The van der Waals surface area contributed by atoms with Crippen LogP contribution in [0.25, 0.3) is 43.7 Å². The Bertz CT molecular complexity index is 2240. The Kier molecular flexibility index (Phi) is 5.56. The number of nitrogens with zero attached hydrogens (tertiary/aromatic N) is 2. The second kappa shape index (κ2) is 11.2. The van der Waals surface area contributed by atoms with Crippen LogP contribution in [-0.2, 0) is 0 Å². The molecule has 0 aliphatic heterocycles. The van der Waals surface area contributed by atoms with Crippen molar-refractivity contribution in [1.29, 1.82) is 0 Å². The maximum absolute atomic E-state index is 8.38. The highest BCUT2D eigenvalue weighted by atomic mass is 27.3. The molecule has 2 heterocycles. The zero-order valence-electron chi connectivity index (χ0n) is 27.9. The number of rotatable bonds is 7. The van der Waals surface area contributed by atoms with E-state index in [1.165, 1.54) is 0 Å². The molecule has 0 atom stereocenters. The highest BCUT2D eigenvalue weighted by molar-refractivity contribution is 6.40. The molecule has 7 rings (SSSR count). The number of para-hydroxylation sites is 2. The van der Waals surface area contributed by atoms with E-state index in [0.717, 1.165) is 32.9 Å². The van der Waals surface area contributed by atoms with Crippen molar-refractivity contribution in [3.05, 3.63) is 139 Å². The highest BCUT2D eigenvalue weighted by Gasteiger charge is 2.45. The lowest BCUT2D eigenvalue weighted by Gasteiger charge is -2.18. The number of fused-ring (bicyclic) bond motifs is 3. The fourth-order valence-electron chi connectivity index (χ4n) is 4.86. The van der Waals surface area contributed by atoms with Crippen LogP contribution in [0, 0.1) is 13.8 Å². The minimum Gasteiger partial charge on any atom is -0.577 e. The van der Waals surface area contributed by atoms with Gasteiger partial charge in [-0.15, -0.1) is 0 Å². The Hall–Kier alpha value is -4.89. The van der Waals surface area contributed by atoms with Crippen LogP contribution in [0.5, 0.6) is 17.2 Å². The lowest BCUT2D eigenvalue weighted by molar-refractivity contribution is 0.310. The monoisotopic (exact) mass is 567 g/mol. The molecule has 0 spiro atoms. The van der Waals surface area contributed by atoms with Gasteiger partial charge in [0.2, 0.25) is 0 Å². The van der Waals surface area contributed by atoms with Crippen molar-refractivity contribution in [2.24, 2.45) is 0 Å². The van der Waals surface area contributed by atoms with Gasteiger partial charge in [0.25, 0.3) is 0 Å². The van der Waals surface area contributed by atoms with Gasteiger partial charge in [0.1, 0.15) is 22.5 Å². The van der Waals surface area contributed by atoms with Gasteiger partial charge in [0.05, 0.1) is 12.6 Å². The quantitative estimate of drug-likeness (QED) is 0.180. The molecule has 0 N–H and O–H groups in total. The average molecular weight is 568 g/mol. The summed E-state index contributed by atoms with van der Waals surface area (Å²) < 4.78 is 60.3. The van der Waals surface area contributed by atoms with Crippen molar-refractivity contribution in [3.8, 4) is 28.4 Å². The van der Waals surface area contributed by atoms with E-state index in [-0.39, 0.29) is 29.7 Å². The summed E-state index contributed by atoms with van der Waals surface area (Å²) in [7, 11) is 0. The van der Waals surface area contributed by atoms with Gasteiger partial charge in [0.15, 0.2) is 0 Å². The fraction of sp³-hybridized carbons (Fsp3) is 0.0556. The third-order valence-corrected chi connectivity index (χ3v) is 8.28. The van der Waals surface area contributed by atoms with Gasteiger partial charge in [0, 0.05) is 22.2 Å². The summed E-state index contributed by atoms with van der Waals surface area (Å²) in [6, 6.07) is 28.7. The minimum absolute atomic E-state index is 0.158. The molecular weight excluding hydrogens is 535 g/mol. The predicted octanol–water partition coefficient (Wildman–Crippen LogP) is 8.74. The number of pyridine rings is 2. The first-order valence-electron chi connectivity index (χ1n) is 16.0. The third-order valence-electron chi connectivity index (χ3n) is 6.92. The maximum atomic E-state index is 8.38. The van der Waals surface area contributed by atoms with Crippen LogP contribution >= 0.6 is 0 Å². The Morgan fingerprint density at radius 1 is 0.548 bits per heavy atom. The van der Waals surface area contributed by atoms with E-state index < -0.39 is 21.2 Å². The standard InChI is InChI=1S/C16H12O.2C10H9NO.Al/c17-16-9-8-14-10-13(6-7-15(14)11-16)12-4-2-1-3-5-12;2*1-7-5-6-8-3-2-4-9(12)10(8)11-7;/h1-11,17H;2*2-6,12H,1H3;/q;;;+3/p-3/i1D,2D,3D,4D,5D;;;. The zero-order valence-corrected chi connectivity index (χ0v) is 24.1. The van der Waals surface area contributed by atoms with Crippen LogP contribution < -0.4 is 11.4 Å². The molecule has 0 amide bonds. The molecule has 0 unspecified atom stereocenters. The average Bonchev–Trinajstić information content (AvgIpc) is 3.07. The Balaban J connectivity index is 1.26. The predicted molar refractivity (Wildman–Crippen MR) is 170 cm³/mol. The van der Waals surface area contributed by atoms with Gasteiger partial charge in [-0.1, -0.05) is 84.8 Å². The maximum Gasteiger partial charge on any atom is 1.20 e. The van der Waals surface area contributed by atoms with Crippen LogP contribution in [0.4, 0.5) is 0 Å². The Morgan fingerprint density at radius 3 is 1.76 bits per heavy atom. The summed E-state index contributed by atoms with van der Waals surface area (Å²) in [5.41, 5.74) is 3.83. The summed E-state index contributed by atoms with van der Waals surface area (Å²) in [6.07, 6.45) is 0. The second-order valence-electron chi connectivity index (χ2n) is 9.93. The van der Waals surface area contributed by atoms with E-state index in [4.69, 9.17) is 28.2 Å². The van der Waals surface area contributed by atoms with E-state index in [2.05, 4.69) is 0 Å². The summed E-state index contributed by atoms with van der Waals surface area (Å²) >= 11 is -3.02. The van der Waals surface area contributed by atoms with E-state index in [1.807, 2.05) is 98.8 Å². The molecule has 6 heteroatoms. The van der Waals surface area contributed by atoms with Crippen molar-refractivity contribution < 1.29 is 18.2 Å². The molecule has 0 saturated carbocycles. The summed E-state index contributed by atoms with van der Waals surface area (Å²) in [5, 5.41) is 3.51. The topological polar surface area (TPSA) is 53.5 Å². The first-order chi connectivity index (χ1) is 22.7. The third kappa shape index (κ3) is 5.38. The van der Waals surface area contributed by atoms with Crippen LogP contribution in [-0.4, -0.2) is 25.1 Å². The first kappa shape index (κ1) is 20.9. The van der Waals surface area contributed by atoms with Crippen LogP contribution in [0.2, 0.25) is 0 Å². The number of hydrogen-bond acceptors (Lipinski definition) is 5. The molecule has 0 bridgehead atoms. The van der Waals surface area contributed by atoms with Crippen molar-refractivity contribution in [2.45, 2.75) is 13.8 Å². The van der Waals surface area contributed by atoms with Crippen LogP contribution in [0.15, 0.2) is 127 Å². The van der Waals surface area contributed by atoms with Gasteiger partial charge >= 0.3 is 15.1 Å². The fourth-order valence-corrected chi connectivity index (χ4v) is 6.17. The minimum atomic E-state index is -3.02. The summed E-state index contributed by atoms with van der Waals surface area (Å²) in [5.74, 6) is 1.63. The molecule has 5 aromatic carbocycles. The SMILES string of the molecule is [2H]c1c([2H])c([2H])c(-c2ccc3cc([O][Al]([O]c4cccc5ccc(C)nc45)[O]c4cccc5ccc(C)nc45)ccc3c2)c([2H])c1[2H]. The number of hydrogen-bond donors (Lipinski definition) is 0. The number of aryl methyl sites for hydroxylation is 2. The number of aromatic nitrogens is 2. The van der Waals surface area contributed by atoms with Crippen LogP contribution in [0.3, 0.4) is 0 Å². The molecule has 5 nitrogen and oxygen atoms in total. The molecule has 0 fully saturated rings. The first-order valence-corrected chi connectivity index (χ1v) is 14.9. The molecule has 202 valence electrons. The molecule has 7 aromatic rings. The second-order valence-corrected chi connectivity index (χ2v) is 11.2. The van der Waals surface area contributed by atoms with E-state index in [9.17, 15) is 0 Å². The van der Waals surface area contributed by atoms with E-state index >= 15 is 0 Å². The molecule has 2 aromatic heterocycles. The van der Waals surface area contributed by atoms with E-state index in [1.54, 1.807) is 12.1 Å². The highest BCUT2D eigenvalue weighted by Crippen LogP contribution is 2.30. The van der Waals surface area contributed by atoms with Crippen molar-refractivity contribution in [2.75, 3.05) is 0 Å². The number of benzene rings is 5. The molecule has 0 saturated heterocycles. The smallest absolute Gasteiger partial charge is 0.577 e. The van der Waals surface area contributed by atoms with Gasteiger partial charge < -0.3 is 11.4 Å². The zero-order chi connectivity index (χ0) is 32.8. The largest absolute Gasteiger partial charge is 1.20 e. The molecule has 0 radical (unpaired) electrons.